The summed E-state index contributed by atoms with van der Waals surface area (Å²) in [4.78, 5) is 21.9. The first-order valence-electron chi connectivity index (χ1n) is 4.01. The van der Waals surface area contributed by atoms with Crippen molar-refractivity contribution in [3.8, 4) is 0 Å². The first kappa shape index (κ1) is 13.4. The Morgan fingerprint density at radius 2 is 1.21 bits per heavy atom. The molecule has 0 spiro atoms. The number of thiol groups is 2. The van der Waals surface area contributed by atoms with Gasteiger partial charge in [-0.25, -0.2) is 9.59 Å². The lowest BCUT2D eigenvalue weighted by molar-refractivity contribution is -0.140. The highest BCUT2D eigenvalue weighted by Crippen LogP contribution is 2.16. The zero-order chi connectivity index (χ0) is 11.1. The topological polar surface area (TPSA) is 52.6 Å². The van der Waals surface area contributed by atoms with Gasteiger partial charge in [0.05, 0.1) is 13.2 Å². The van der Waals surface area contributed by atoms with Crippen LogP contribution >= 0.6 is 25.3 Å². The average molecular weight is 236 g/mol. The zero-order valence-electron chi connectivity index (χ0n) is 7.94. The predicted octanol–water partition coefficient (Wildman–Crippen LogP) is 1.18. The Morgan fingerprint density at radius 1 is 0.929 bits per heavy atom. The van der Waals surface area contributed by atoms with Gasteiger partial charge in [-0.2, -0.15) is 0 Å². The maximum absolute atomic E-state index is 11.1. The minimum absolute atomic E-state index is 0.145. The Hall–Kier alpha value is -0.620. The van der Waals surface area contributed by atoms with Crippen molar-refractivity contribution in [3.05, 3.63) is 9.81 Å². The van der Waals surface area contributed by atoms with Gasteiger partial charge in [-0.15, -0.1) is 25.3 Å². The van der Waals surface area contributed by atoms with E-state index in [1.165, 1.54) is 0 Å². The minimum Gasteiger partial charge on any atom is -0.462 e. The summed E-state index contributed by atoms with van der Waals surface area (Å²) >= 11 is 7.63. The number of carbonyl (C=O) groups excluding carboxylic acids is 2. The first-order chi connectivity index (χ1) is 6.54. The molecule has 0 aliphatic carbocycles. The molecule has 14 heavy (non-hydrogen) atoms. The summed E-state index contributed by atoms with van der Waals surface area (Å²) < 4.78 is 9.25. The summed E-state index contributed by atoms with van der Waals surface area (Å²) in [7, 11) is 0. The van der Waals surface area contributed by atoms with Crippen molar-refractivity contribution in [3.63, 3.8) is 0 Å². The van der Waals surface area contributed by atoms with Gasteiger partial charge in [-0.1, -0.05) is 0 Å². The predicted molar refractivity (Wildman–Crippen MR) is 58.3 cm³/mol. The van der Waals surface area contributed by atoms with Crippen LogP contribution in [0.1, 0.15) is 13.8 Å². The van der Waals surface area contributed by atoms with E-state index in [4.69, 9.17) is 0 Å². The van der Waals surface area contributed by atoms with Gasteiger partial charge in [-0.05, 0) is 13.8 Å². The van der Waals surface area contributed by atoms with Crippen LogP contribution in [0.25, 0.3) is 0 Å². The van der Waals surface area contributed by atoms with Crippen molar-refractivity contribution in [1.82, 2.24) is 0 Å². The molecule has 0 radical (unpaired) electrons. The molecule has 0 atom stereocenters. The van der Waals surface area contributed by atoms with E-state index >= 15 is 0 Å². The SMILES string of the molecule is CCOC(=O)C(S)=C(S)C(=O)OCC. The van der Waals surface area contributed by atoms with E-state index < -0.39 is 11.9 Å². The van der Waals surface area contributed by atoms with Gasteiger partial charge in [0.15, 0.2) is 0 Å². The smallest absolute Gasteiger partial charge is 0.345 e. The molecular formula is C8H12O4S2. The van der Waals surface area contributed by atoms with Crippen molar-refractivity contribution in [2.24, 2.45) is 0 Å². The maximum atomic E-state index is 11.1. The standard InChI is InChI=1S/C8H12O4S2/c1-3-11-7(9)5(13)6(14)8(10)12-4-2/h13-14H,3-4H2,1-2H3. The quantitative estimate of drug-likeness (QED) is 0.437. The van der Waals surface area contributed by atoms with E-state index in [1.54, 1.807) is 13.8 Å². The van der Waals surface area contributed by atoms with Gasteiger partial charge in [0.2, 0.25) is 0 Å². The van der Waals surface area contributed by atoms with E-state index in [9.17, 15) is 9.59 Å². The van der Waals surface area contributed by atoms with Crippen molar-refractivity contribution in [2.45, 2.75) is 13.8 Å². The van der Waals surface area contributed by atoms with Crippen molar-refractivity contribution < 1.29 is 19.1 Å². The number of hydrogen-bond acceptors (Lipinski definition) is 6. The van der Waals surface area contributed by atoms with Crippen LogP contribution in [-0.4, -0.2) is 25.2 Å². The number of ether oxygens (including phenoxy) is 2. The average Bonchev–Trinajstić information content (AvgIpc) is 2.16. The van der Waals surface area contributed by atoms with E-state index in [-0.39, 0.29) is 23.0 Å². The summed E-state index contributed by atoms with van der Waals surface area (Å²) in [6.45, 7) is 3.74. The molecular weight excluding hydrogens is 224 g/mol. The van der Waals surface area contributed by atoms with E-state index in [1.807, 2.05) is 0 Å². The minimum atomic E-state index is -0.686. The highest BCUT2D eigenvalue weighted by atomic mass is 32.1. The second kappa shape index (κ2) is 6.78. The molecule has 0 bridgehead atoms. The van der Waals surface area contributed by atoms with E-state index in [2.05, 4.69) is 34.7 Å². The summed E-state index contributed by atoms with van der Waals surface area (Å²) in [5, 5.41) is 0. The fourth-order valence-electron chi connectivity index (χ4n) is 0.592. The highest BCUT2D eigenvalue weighted by Gasteiger charge is 2.17. The molecule has 0 N–H and O–H groups in total. The Labute approximate surface area is 93.5 Å². The fourth-order valence-corrected chi connectivity index (χ4v) is 0.904. The molecule has 0 aliphatic rings. The summed E-state index contributed by atoms with van der Waals surface area (Å²) in [6, 6.07) is 0. The van der Waals surface area contributed by atoms with Crippen LogP contribution in [0.15, 0.2) is 9.81 Å². The molecule has 0 saturated carbocycles. The van der Waals surface area contributed by atoms with Gasteiger partial charge in [0.1, 0.15) is 9.81 Å². The van der Waals surface area contributed by atoms with Gasteiger partial charge >= 0.3 is 11.9 Å². The third kappa shape index (κ3) is 4.06. The van der Waals surface area contributed by atoms with E-state index in [0.717, 1.165) is 0 Å². The normalized spacial score (nSPS) is 11.7. The molecule has 0 aromatic rings. The first-order valence-corrected chi connectivity index (χ1v) is 4.90. The molecule has 0 unspecified atom stereocenters. The van der Waals surface area contributed by atoms with Crippen LogP contribution in [0.2, 0.25) is 0 Å². The van der Waals surface area contributed by atoms with Crippen molar-refractivity contribution in [2.75, 3.05) is 13.2 Å². The van der Waals surface area contributed by atoms with Gasteiger partial charge in [-0.3, -0.25) is 0 Å². The Bertz CT molecular complexity index is 234. The number of esters is 2. The Morgan fingerprint density at radius 3 is 1.43 bits per heavy atom. The summed E-state index contributed by atoms with van der Waals surface area (Å²) in [5.41, 5.74) is 0. The van der Waals surface area contributed by atoms with Gasteiger partial charge in [0, 0.05) is 0 Å². The Kier molecular flexibility index (Phi) is 6.48. The van der Waals surface area contributed by atoms with Gasteiger partial charge < -0.3 is 9.47 Å². The van der Waals surface area contributed by atoms with Crippen LogP contribution in [-0.2, 0) is 19.1 Å². The van der Waals surface area contributed by atoms with Crippen LogP contribution in [0, 0.1) is 0 Å². The molecule has 0 fully saturated rings. The third-order valence-electron chi connectivity index (χ3n) is 1.16. The summed E-state index contributed by atoms with van der Waals surface area (Å²) in [6.07, 6.45) is 0. The molecule has 4 nitrogen and oxygen atoms in total. The molecule has 0 aliphatic heterocycles. The molecule has 0 rings (SSSR count). The van der Waals surface area contributed by atoms with Crippen LogP contribution < -0.4 is 0 Å². The second-order valence-corrected chi connectivity index (χ2v) is 3.03. The highest BCUT2D eigenvalue weighted by molar-refractivity contribution is 7.90. The third-order valence-corrected chi connectivity index (χ3v) is 2.15. The number of carbonyl (C=O) groups is 2. The Balaban J connectivity index is 4.57. The van der Waals surface area contributed by atoms with Crippen LogP contribution in [0.3, 0.4) is 0 Å². The maximum Gasteiger partial charge on any atom is 0.345 e. The molecule has 80 valence electrons. The number of hydrogen-bond donors (Lipinski definition) is 2. The fraction of sp³-hybridized carbons (Fsp3) is 0.500. The monoisotopic (exact) mass is 236 g/mol. The molecule has 0 amide bonds. The molecule has 0 heterocycles. The van der Waals surface area contributed by atoms with Crippen LogP contribution in [0.5, 0.6) is 0 Å². The lowest BCUT2D eigenvalue weighted by Crippen LogP contribution is -2.11. The molecule has 0 saturated heterocycles. The molecule has 6 heteroatoms. The molecule has 0 aromatic heterocycles. The van der Waals surface area contributed by atoms with Crippen molar-refractivity contribution >= 4 is 37.2 Å². The number of rotatable bonds is 4. The second-order valence-electron chi connectivity index (χ2n) is 2.14. The molecule has 0 aromatic carbocycles. The lowest BCUT2D eigenvalue weighted by atomic mass is 10.5. The lowest BCUT2D eigenvalue weighted by Gasteiger charge is -2.04. The van der Waals surface area contributed by atoms with Crippen LogP contribution in [0.4, 0.5) is 0 Å². The largest absolute Gasteiger partial charge is 0.462 e. The van der Waals surface area contributed by atoms with Gasteiger partial charge in [0.25, 0.3) is 0 Å². The van der Waals surface area contributed by atoms with E-state index in [0.29, 0.717) is 0 Å². The zero-order valence-corrected chi connectivity index (χ0v) is 9.73. The summed E-state index contributed by atoms with van der Waals surface area (Å²) in [5.74, 6) is -1.37. The van der Waals surface area contributed by atoms with Crippen molar-refractivity contribution in [1.29, 1.82) is 0 Å².